The van der Waals surface area contributed by atoms with Crippen LogP contribution in [-0.4, -0.2) is 70.0 Å². The number of aromatic nitrogens is 2. The molecule has 2 unspecified atom stereocenters. The summed E-state index contributed by atoms with van der Waals surface area (Å²) in [6.45, 7) is 9.47. The van der Waals surface area contributed by atoms with Crippen LogP contribution in [0.3, 0.4) is 0 Å². The highest BCUT2D eigenvalue weighted by Gasteiger charge is 2.41. The number of anilines is 1. The van der Waals surface area contributed by atoms with Crippen molar-refractivity contribution in [3.63, 3.8) is 0 Å². The van der Waals surface area contributed by atoms with Crippen LogP contribution in [0, 0.1) is 11.8 Å². The summed E-state index contributed by atoms with van der Waals surface area (Å²) in [5, 5.41) is 14.1. The molecule has 5 rings (SSSR count). The zero-order valence-corrected chi connectivity index (χ0v) is 17.0. The molecule has 1 aromatic carbocycles. The molecule has 0 bridgehead atoms. The number of rotatable bonds is 5. The molecule has 2 atom stereocenters. The summed E-state index contributed by atoms with van der Waals surface area (Å²) in [6, 6.07) is 8.82. The summed E-state index contributed by atoms with van der Waals surface area (Å²) >= 11 is 0. The molecule has 3 aliphatic heterocycles. The second kappa shape index (κ2) is 7.37. The molecule has 4 heterocycles. The number of carboxylic acid groups (broad SMARTS) is 1. The molecule has 0 radical (unpaired) electrons. The van der Waals surface area contributed by atoms with E-state index in [0.717, 1.165) is 45.0 Å². The number of hydrogen-bond donors (Lipinski definition) is 1. The number of fused-ring (bicyclic) bond motifs is 1. The van der Waals surface area contributed by atoms with Crippen LogP contribution < -0.4 is 4.90 Å². The Kier molecular flexibility index (Phi) is 4.70. The lowest BCUT2D eigenvalue weighted by molar-refractivity contribution is 0.148. The molecule has 3 saturated heterocycles. The number of hydrogen-bond acceptors (Lipinski definition) is 4. The summed E-state index contributed by atoms with van der Waals surface area (Å²) in [5.41, 5.74) is 4.81. The Morgan fingerprint density at radius 1 is 1.10 bits per heavy atom. The van der Waals surface area contributed by atoms with Crippen LogP contribution >= 0.6 is 0 Å². The third-order valence-electron chi connectivity index (χ3n) is 6.75. The topological polar surface area (TPSA) is 64.8 Å². The first-order chi connectivity index (χ1) is 14.1. The Hall–Kier alpha value is -2.54. The highest BCUT2D eigenvalue weighted by molar-refractivity contribution is 5.66. The molecule has 0 spiro atoms. The van der Waals surface area contributed by atoms with Crippen molar-refractivity contribution in [2.45, 2.75) is 26.4 Å². The minimum Gasteiger partial charge on any atom is -0.465 e. The van der Waals surface area contributed by atoms with E-state index < -0.39 is 6.09 Å². The standard InChI is InChI=1S/C22H29N5O2/c1-2-27-15-19(12-24-10-17-13-26(22(28)29)14-18(17)11-24)21(23-27)16-4-6-20(7-5-16)25-8-3-9-25/h4-7,15,17-18H,2-3,8-14H2,1H3,(H,28,29). The van der Waals surface area contributed by atoms with Gasteiger partial charge < -0.3 is 14.9 Å². The van der Waals surface area contributed by atoms with Crippen molar-refractivity contribution in [2.75, 3.05) is 44.2 Å². The summed E-state index contributed by atoms with van der Waals surface area (Å²) in [7, 11) is 0. The summed E-state index contributed by atoms with van der Waals surface area (Å²) in [6.07, 6.45) is 2.68. The third-order valence-corrected chi connectivity index (χ3v) is 6.75. The lowest BCUT2D eigenvalue weighted by Crippen LogP contribution is -2.36. The summed E-state index contributed by atoms with van der Waals surface area (Å²) < 4.78 is 2.02. The molecule has 1 N–H and O–H groups in total. The monoisotopic (exact) mass is 395 g/mol. The zero-order valence-electron chi connectivity index (χ0n) is 17.0. The molecule has 7 nitrogen and oxygen atoms in total. The Morgan fingerprint density at radius 3 is 2.34 bits per heavy atom. The van der Waals surface area contributed by atoms with Crippen molar-refractivity contribution in [3.05, 3.63) is 36.0 Å². The van der Waals surface area contributed by atoms with Crippen molar-refractivity contribution in [3.8, 4) is 11.3 Å². The molecule has 1 amide bonds. The number of aryl methyl sites for hydroxylation is 1. The van der Waals surface area contributed by atoms with Crippen molar-refractivity contribution in [1.82, 2.24) is 19.6 Å². The molecule has 29 heavy (non-hydrogen) atoms. The van der Waals surface area contributed by atoms with E-state index in [-0.39, 0.29) is 0 Å². The smallest absolute Gasteiger partial charge is 0.407 e. The van der Waals surface area contributed by atoms with E-state index in [1.54, 1.807) is 4.90 Å². The Morgan fingerprint density at radius 2 is 1.79 bits per heavy atom. The zero-order chi connectivity index (χ0) is 20.0. The second-order valence-electron chi connectivity index (χ2n) is 8.65. The van der Waals surface area contributed by atoms with Crippen LogP contribution in [0.2, 0.25) is 0 Å². The normalized spacial score (nSPS) is 24.0. The van der Waals surface area contributed by atoms with Crippen molar-refractivity contribution < 1.29 is 9.90 Å². The molecule has 0 saturated carbocycles. The van der Waals surface area contributed by atoms with Crippen LogP contribution in [0.4, 0.5) is 10.5 Å². The van der Waals surface area contributed by atoms with Gasteiger partial charge in [-0.1, -0.05) is 12.1 Å². The molecule has 1 aromatic heterocycles. The quantitative estimate of drug-likeness (QED) is 0.843. The largest absolute Gasteiger partial charge is 0.465 e. The van der Waals surface area contributed by atoms with Crippen LogP contribution in [0.5, 0.6) is 0 Å². The molecular weight excluding hydrogens is 366 g/mol. The Bertz CT molecular complexity index is 875. The average Bonchev–Trinajstić information content (AvgIpc) is 3.34. The maximum Gasteiger partial charge on any atom is 0.407 e. The fourth-order valence-corrected chi connectivity index (χ4v) is 5.00. The van der Waals surface area contributed by atoms with Gasteiger partial charge in [0.25, 0.3) is 0 Å². The van der Waals surface area contributed by atoms with Gasteiger partial charge in [0, 0.05) is 75.4 Å². The molecule has 0 aliphatic carbocycles. The molecular formula is C22H29N5O2. The van der Waals surface area contributed by atoms with Gasteiger partial charge in [0.05, 0.1) is 5.69 Å². The van der Waals surface area contributed by atoms with Crippen molar-refractivity contribution >= 4 is 11.8 Å². The van der Waals surface area contributed by atoms with Crippen LogP contribution in [0.1, 0.15) is 18.9 Å². The van der Waals surface area contributed by atoms with Crippen molar-refractivity contribution in [1.29, 1.82) is 0 Å². The lowest BCUT2D eigenvalue weighted by Gasteiger charge is -2.33. The first-order valence-corrected chi connectivity index (χ1v) is 10.7. The predicted molar refractivity (Wildman–Crippen MR) is 112 cm³/mol. The van der Waals surface area contributed by atoms with Gasteiger partial charge in [0.2, 0.25) is 0 Å². The maximum absolute atomic E-state index is 11.2. The van der Waals surface area contributed by atoms with Gasteiger partial charge >= 0.3 is 6.09 Å². The fraction of sp³-hybridized carbons (Fsp3) is 0.545. The summed E-state index contributed by atoms with van der Waals surface area (Å²) in [5.74, 6) is 0.929. The number of carbonyl (C=O) groups is 1. The van der Waals surface area contributed by atoms with Gasteiger partial charge in [0.1, 0.15) is 0 Å². The van der Waals surface area contributed by atoms with Gasteiger partial charge in [-0.25, -0.2) is 4.79 Å². The minimum atomic E-state index is -0.779. The highest BCUT2D eigenvalue weighted by Crippen LogP contribution is 2.33. The third kappa shape index (κ3) is 3.48. The van der Waals surface area contributed by atoms with E-state index in [9.17, 15) is 9.90 Å². The average molecular weight is 396 g/mol. The summed E-state index contributed by atoms with van der Waals surface area (Å²) in [4.78, 5) is 17.7. The van der Waals surface area contributed by atoms with E-state index in [1.165, 1.54) is 23.2 Å². The molecule has 154 valence electrons. The molecule has 3 aliphatic rings. The van der Waals surface area contributed by atoms with Gasteiger partial charge in [-0.2, -0.15) is 5.10 Å². The SMILES string of the molecule is CCn1cc(CN2CC3CN(C(=O)O)CC3C2)c(-c2ccc(N3CCC3)cc2)n1. The van der Waals surface area contributed by atoms with Crippen LogP contribution in [0.25, 0.3) is 11.3 Å². The molecule has 2 aromatic rings. The van der Waals surface area contributed by atoms with Gasteiger partial charge in [0.15, 0.2) is 0 Å². The van der Waals surface area contributed by atoms with Crippen LogP contribution in [-0.2, 0) is 13.1 Å². The van der Waals surface area contributed by atoms with E-state index >= 15 is 0 Å². The lowest BCUT2D eigenvalue weighted by atomic mass is 10.0. The number of amides is 1. The number of nitrogens with zero attached hydrogens (tertiary/aromatic N) is 5. The maximum atomic E-state index is 11.2. The first kappa shape index (κ1) is 18.5. The van der Waals surface area contributed by atoms with Gasteiger partial charge in [-0.05, 0) is 37.3 Å². The molecule has 3 fully saturated rings. The van der Waals surface area contributed by atoms with Gasteiger partial charge in [-0.3, -0.25) is 9.58 Å². The van der Waals surface area contributed by atoms with E-state index in [0.29, 0.717) is 24.9 Å². The van der Waals surface area contributed by atoms with E-state index in [2.05, 4.69) is 47.2 Å². The van der Waals surface area contributed by atoms with E-state index in [1.807, 2.05) is 4.68 Å². The highest BCUT2D eigenvalue weighted by atomic mass is 16.4. The number of benzene rings is 1. The fourth-order valence-electron chi connectivity index (χ4n) is 5.00. The Labute approximate surface area is 171 Å². The van der Waals surface area contributed by atoms with Gasteiger partial charge in [-0.15, -0.1) is 0 Å². The minimum absolute atomic E-state index is 0.464. The first-order valence-electron chi connectivity index (χ1n) is 10.7. The van der Waals surface area contributed by atoms with E-state index in [4.69, 9.17) is 5.10 Å². The Balaban J connectivity index is 1.31. The molecule has 7 heteroatoms. The predicted octanol–water partition coefficient (Wildman–Crippen LogP) is 2.82. The number of likely N-dealkylation sites (tertiary alicyclic amines) is 2. The second-order valence-corrected chi connectivity index (χ2v) is 8.65. The van der Waals surface area contributed by atoms with Crippen molar-refractivity contribution in [2.24, 2.45) is 11.8 Å². The van der Waals surface area contributed by atoms with Crippen LogP contribution in [0.15, 0.2) is 30.5 Å².